The first kappa shape index (κ1) is 28.2. The van der Waals surface area contributed by atoms with Crippen LogP contribution in [0.3, 0.4) is 0 Å². The van der Waals surface area contributed by atoms with Crippen LogP contribution >= 0.6 is 0 Å². The Hall–Kier alpha value is -0.763. The summed E-state index contributed by atoms with van der Waals surface area (Å²) in [6.45, 7) is 10.4. The maximum atomic E-state index is 13.8. The summed E-state index contributed by atoms with van der Waals surface area (Å²) in [5.74, 6) is 0. The highest BCUT2D eigenvalue weighted by molar-refractivity contribution is 6.73. The van der Waals surface area contributed by atoms with Gasteiger partial charge in [-0.15, -0.1) is 0 Å². The molecule has 0 amide bonds. The molecule has 172 valence electrons. The fourth-order valence-corrected chi connectivity index (χ4v) is 6.23. The van der Waals surface area contributed by atoms with Gasteiger partial charge in [0, 0.05) is 0 Å². The quantitative estimate of drug-likeness (QED) is 0.126. The largest absolute Gasteiger partial charge is 0.429 e. The summed E-state index contributed by atoms with van der Waals surface area (Å²) >= 11 is 0. The average molecular weight is 447 g/mol. The number of alkyl halides is 6. The summed E-state index contributed by atoms with van der Waals surface area (Å²) in [5.41, 5.74) is -4.66. The molecule has 0 aliphatic carbocycles. The molecule has 0 aliphatic rings. The smallest absolute Gasteiger partial charge is 0.393 e. The Morgan fingerprint density at radius 3 is 1.69 bits per heavy atom. The van der Waals surface area contributed by atoms with Gasteiger partial charge in [-0.1, -0.05) is 52.8 Å². The Balaban J connectivity index is 5.87. The molecule has 1 nitrogen and oxygen atoms in total. The first-order valence-corrected chi connectivity index (χ1v) is 12.8. The van der Waals surface area contributed by atoms with E-state index in [0.29, 0.717) is 6.42 Å². The SMILES string of the molecule is CC=CCCCC(C)(C)CC=CC(O[Si](CC)(CC)CC)(C(F)(F)F)C(F)(F)F. The van der Waals surface area contributed by atoms with E-state index < -0.39 is 31.7 Å². The zero-order valence-electron chi connectivity index (χ0n) is 18.4. The van der Waals surface area contributed by atoms with Crippen LogP contribution in [-0.2, 0) is 4.43 Å². The minimum Gasteiger partial charge on any atom is -0.393 e. The zero-order valence-corrected chi connectivity index (χ0v) is 19.4. The number of rotatable bonds is 12. The minimum atomic E-state index is -5.59. The Labute approximate surface area is 172 Å². The Morgan fingerprint density at radius 2 is 1.31 bits per heavy atom. The summed E-state index contributed by atoms with van der Waals surface area (Å²) in [4.78, 5) is 0. The summed E-state index contributed by atoms with van der Waals surface area (Å²) in [6, 6.07) is 0.578. The van der Waals surface area contributed by atoms with E-state index in [4.69, 9.17) is 4.43 Å². The lowest BCUT2D eigenvalue weighted by atomic mass is 9.83. The molecule has 0 rings (SSSR count). The molecule has 0 fully saturated rings. The number of hydrogen-bond donors (Lipinski definition) is 0. The molecule has 0 unspecified atom stereocenters. The van der Waals surface area contributed by atoms with Crippen molar-refractivity contribution in [1.82, 2.24) is 0 Å². The van der Waals surface area contributed by atoms with Crippen molar-refractivity contribution in [2.45, 2.75) is 103 Å². The molecule has 0 aromatic heterocycles. The van der Waals surface area contributed by atoms with Gasteiger partial charge < -0.3 is 4.43 Å². The minimum absolute atomic E-state index is 0.110. The molecule has 29 heavy (non-hydrogen) atoms. The van der Waals surface area contributed by atoms with Gasteiger partial charge in [-0.2, -0.15) is 26.3 Å². The second-order valence-electron chi connectivity index (χ2n) is 8.31. The monoisotopic (exact) mass is 446 g/mol. The Kier molecular flexibility index (Phi) is 10.7. The molecule has 0 saturated heterocycles. The summed E-state index contributed by atoms with van der Waals surface area (Å²) in [5, 5.41) is 0. The predicted octanol–water partition coefficient (Wildman–Crippen LogP) is 8.59. The van der Waals surface area contributed by atoms with Crippen LogP contribution in [0.1, 0.15) is 67.2 Å². The normalized spacial score (nSPS) is 15.0. The van der Waals surface area contributed by atoms with E-state index in [1.54, 1.807) is 20.8 Å². The van der Waals surface area contributed by atoms with Crippen molar-refractivity contribution in [3.63, 3.8) is 0 Å². The lowest BCUT2D eigenvalue weighted by Crippen LogP contribution is -2.62. The molecule has 0 aromatic rings. The Morgan fingerprint density at radius 1 is 0.828 bits per heavy atom. The van der Waals surface area contributed by atoms with Crippen LogP contribution in [0.15, 0.2) is 24.3 Å². The molecule has 0 heterocycles. The highest BCUT2D eigenvalue weighted by atomic mass is 28.4. The molecule has 0 spiro atoms. The van der Waals surface area contributed by atoms with Crippen LogP contribution in [0.4, 0.5) is 26.3 Å². The van der Waals surface area contributed by atoms with Gasteiger partial charge >= 0.3 is 12.4 Å². The number of hydrogen-bond acceptors (Lipinski definition) is 1. The van der Waals surface area contributed by atoms with Crippen molar-refractivity contribution in [2.75, 3.05) is 0 Å². The van der Waals surface area contributed by atoms with Gasteiger partial charge in [0.1, 0.15) is 0 Å². The van der Waals surface area contributed by atoms with Gasteiger partial charge in [0.25, 0.3) is 5.60 Å². The van der Waals surface area contributed by atoms with Crippen LogP contribution in [0.25, 0.3) is 0 Å². The van der Waals surface area contributed by atoms with Crippen molar-refractivity contribution in [1.29, 1.82) is 0 Å². The summed E-state index contributed by atoms with van der Waals surface area (Å²) in [6.07, 6.45) is -3.57. The van der Waals surface area contributed by atoms with Crippen molar-refractivity contribution < 1.29 is 30.8 Å². The second-order valence-corrected chi connectivity index (χ2v) is 13.0. The lowest BCUT2D eigenvalue weighted by Gasteiger charge is -2.42. The van der Waals surface area contributed by atoms with Crippen LogP contribution in [0.5, 0.6) is 0 Å². The summed E-state index contributed by atoms with van der Waals surface area (Å²) in [7, 11) is -3.20. The molecule has 0 radical (unpaired) electrons. The van der Waals surface area contributed by atoms with Gasteiger partial charge in [0.2, 0.25) is 0 Å². The topological polar surface area (TPSA) is 9.23 Å². The standard InChI is InChI=1S/C21H36F6OSi/c1-7-11-12-13-15-18(5,6)16-14-17-19(20(22,23)24,21(25,26)27)28-29(8-2,9-3)10-4/h7,11,14,17H,8-10,12-13,15-16H2,1-6H3. The molecular formula is C21H36F6OSi. The second kappa shape index (κ2) is 11.0. The molecule has 0 saturated carbocycles. The van der Waals surface area contributed by atoms with Gasteiger partial charge in [-0.05, 0) is 62.2 Å². The molecule has 0 bridgehead atoms. The number of unbranched alkanes of at least 4 members (excludes halogenated alkanes) is 1. The van der Waals surface area contributed by atoms with E-state index in [1.165, 1.54) is 0 Å². The van der Waals surface area contributed by atoms with Crippen LogP contribution in [-0.4, -0.2) is 26.3 Å². The highest BCUT2D eigenvalue weighted by Crippen LogP contribution is 2.50. The zero-order chi connectivity index (χ0) is 23.0. The van der Waals surface area contributed by atoms with Crippen molar-refractivity contribution in [3.05, 3.63) is 24.3 Å². The van der Waals surface area contributed by atoms with Crippen LogP contribution in [0, 0.1) is 5.41 Å². The average Bonchev–Trinajstić information content (AvgIpc) is 2.60. The van der Waals surface area contributed by atoms with Crippen molar-refractivity contribution in [2.24, 2.45) is 5.41 Å². The highest BCUT2D eigenvalue weighted by Gasteiger charge is 2.72. The summed E-state index contributed by atoms with van der Waals surface area (Å²) < 4.78 is 88.1. The van der Waals surface area contributed by atoms with Crippen LogP contribution < -0.4 is 0 Å². The predicted molar refractivity (Wildman–Crippen MR) is 109 cm³/mol. The van der Waals surface area contributed by atoms with Gasteiger partial charge in [-0.3, -0.25) is 0 Å². The first-order valence-electron chi connectivity index (χ1n) is 10.3. The van der Waals surface area contributed by atoms with E-state index in [-0.39, 0.29) is 30.6 Å². The molecular weight excluding hydrogens is 410 g/mol. The van der Waals surface area contributed by atoms with E-state index in [0.717, 1.165) is 18.9 Å². The van der Waals surface area contributed by atoms with Crippen LogP contribution in [0.2, 0.25) is 18.1 Å². The van der Waals surface area contributed by atoms with E-state index >= 15 is 0 Å². The number of halogens is 6. The third-order valence-corrected chi connectivity index (χ3v) is 10.3. The van der Waals surface area contributed by atoms with E-state index in [2.05, 4.69) is 0 Å². The van der Waals surface area contributed by atoms with E-state index in [9.17, 15) is 26.3 Å². The third kappa shape index (κ3) is 7.77. The molecule has 8 heteroatoms. The van der Waals surface area contributed by atoms with Crippen molar-refractivity contribution >= 4 is 8.32 Å². The van der Waals surface area contributed by atoms with Gasteiger partial charge in [0.15, 0.2) is 8.32 Å². The maximum absolute atomic E-state index is 13.8. The number of allylic oxidation sites excluding steroid dienone is 3. The first-order chi connectivity index (χ1) is 13.2. The molecule has 0 N–H and O–H groups in total. The molecule has 0 aromatic carbocycles. The third-order valence-electron chi connectivity index (χ3n) is 5.64. The fourth-order valence-electron chi connectivity index (χ4n) is 3.32. The maximum Gasteiger partial charge on any atom is 0.429 e. The van der Waals surface area contributed by atoms with Gasteiger partial charge in [0.05, 0.1) is 0 Å². The van der Waals surface area contributed by atoms with Gasteiger partial charge in [-0.25, -0.2) is 0 Å². The Bertz CT molecular complexity index is 508. The lowest BCUT2D eigenvalue weighted by molar-refractivity contribution is -0.341. The molecule has 0 atom stereocenters. The van der Waals surface area contributed by atoms with E-state index in [1.807, 2.05) is 32.9 Å². The molecule has 0 aliphatic heterocycles. The fraction of sp³-hybridized carbons (Fsp3) is 0.810. The van der Waals surface area contributed by atoms with Crippen molar-refractivity contribution in [3.8, 4) is 0 Å².